The second-order valence-corrected chi connectivity index (χ2v) is 7.56. The lowest BCUT2D eigenvalue weighted by Crippen LogP contribution is -2.35. The van der Waals surface area contributed by atoms with Crippen molar-refractivity contribution in [2.75, 3.05) is 30.4 Å². The van der Waals surface area contributed by atoms with Gasteiger partial charge in [0.2, 0.25) is 5.95 Å². The summed E-state index contributed by atoms with van der Waals surface area (Å²) in [5.41, 5.74) is 2.62. The third-order valence-electron chi connectivity index (χ3n) is 5.54. The molecule has 150 valence electrons. The van der Waals surface area contributed by atoms with Gasteiger partial charge in [0.1, 0.15) is 11.6 Å². The molecule has 4 rings (SSSR count). The Morgan fingerprint density at radius 3 is 2.45 bits per heavy atom. The summed E-state index contributed by atoms with van der Waals surface area (Å²) in [6.07, 6.45) is 5.37. The van der Waals surface area contributed by atoms with E-state index in [1.165, 1.54) is 30.4 Å². The van der Waals surface area contributed by atoms with E-state index >= 15 is 0 Å². The fraction of sp³-hybridized carbons (Fsp3) is 0.333. The van der Waals surface area contributed by atoms with Crippen molar-refractivity contribution in [2.24, 2.45) is 5.92 Å². The lowest BCUT2D eigenvalue weighted by atomic mass is 9.90. The summed E-state index contributed by atoms with van der Waals surface area (Å²) in [6.45, 7) is 2.75. The molecule has 5 heteroatoms. The van der Waals surface area contributed by atoms with E-state index in [1.807, 2.05) is 24.4 Å². The Morgan fingerprint density at radius 1 is 0.966 bits per heavy atom. The molecule has 0 radical (unpaired) electrons. The molecule has 0 amide bonds. The lowest BCUT2D eigenvalue weighted by Gasteiger charge is -2.32. The summed E-state index contributed by atoms with van der Waals surface area (Å²) in [4.78, 5) is 11.5. The van der Waals surface area contributed by atoms with Crippen LogP contribution in [0, 0.1) is 5.92 Å². The minimum atomic E-state index is 0.722. The summed E-state index contributed by atoms with van der Waals surface area (Å²) >= 11 is 0. The second-order valence-electron chi connectivity index (χ2n) is 7.56. The Morgan fingerprint density at radius 2 is 1.72 bits per heavy atom. The van der Waals surface area contributed by atoms with E-state index in [9.17, 15) is 0 Å². The molecular weight excluding hydrogens is 360 g/mol. The number of nitrogens with zero attached hydrogens (tertiary/aromatic N) is 3. The first-order valence-corrected chi connectivity index (χ1v) is 10.3. The maximum atomic E-state index is 5.21. The molecule has 29 heavy (non-hydrogen) atoms. The molecule has 1 aliphatic heterocycles. The number of nitrogens with one attached hydrogen (secondary N) is 1. The van der Waals surface area contributed by atoms with E-state index in [4.69, 9.17) is 9.72 Å². The smallest absolute Gasteiger partial charge is 0.227 e. The van der Waals surface area contributed by atoms with Gasteiger partial charge in [-0.3, -0.25) is 0 Å². The van der Waals surface area contributed by atoms with Gasteiger partial charge in [-0.1, -0.05) is 42.5 Å². The van der Waals surface area contributed by atoms with Gasteiger partial charge < -0.3 is 15.0 Å². The quantitative estimate of drug-likeness (QED) is 0.643. The van der Waals surface area contributed by atoms with E-state index in [0.717, 1.165) is 43.1 Å². The molecule has 0 unspecified atom stereocenters. The van der Waals surface area contributed by atoms with E-state index in [-0.39, 0.29) is 0 Å². The van der Waals surface area contributed by atoms with Crippen molar-refractivity contribution in [2.45, 2.75) is 25.8 Å². The number of aromatic nitrogens is 2. The summed E-state index contributed by atoms with van der Waals surface area (Å²) in [7, 11) is 1.68. The molecule has 0 saturated carbocycles. The molecule has 3 aromatic rings. The Balaban J connectivity index is 1.30. The van der Waals surface area contributed by atoms with Gasteiger partial charge in [0.15, 0.2) is 0 Å². The fourth-order valence-corrected chi connectivity index (χ4v) is 3.82. The maximum absolute atomic E-state index is 5.21. The minimum absolute atomic E-state index is 0.722. The molecule has 0 atom stereocenters. The lowest BCUT2D eigenvalue weighted by molar-refractivity contribution is 0.400. The van der Waals surface area contributed by atoms with Crippen LogP contribution in [0.25, 0.3) is 0 Å². The van der Waals surface area contributed by atoms with E-state index < -0.39 is 0 Å². The first-order chi connectivity index (χ1) is 14.3. The SMILES string of the molecule is COc1ccc(CNc2ccnc(N3CCC(Cc4ccccc4)CC3)n2)cc1. The predicted octanol–water partition coefficient (Wildman–Crippen LogP) is 4.56. The van der Waals surface area contributed by atoms with Crippen LogP contribution in [0.5, 0.6) is 5.75 Å². The molecule has 0 bridgehead atoms. The van der Waals surface area contributed by atoms with Crippen molar-refractivity contribution >= 4 is 11.8 Å². The van der Waals surface area contributed by atoms with Gasteiger partial charge >= 0.3 is 0 Å². The highest BCUT2D eigenvalue weighted by atomic mass is 16.5. The topological polar surface area (TPSA) is 50.3 Å². The average Bonchev–Trinajstić information content (AvgIpc) is 2.79. The average molecular weight is 389 g/mol. The largest absolute Gasteiger partial charge is 0.497 e. The zero-order valence-electron chi connectivity index (χ0n) is 16.9. The van der Waals surface area contributed by atoms with Gasteiger partial charge in [-0.2, -0.15) is 4.98 Å². The number of benzene rings is 2. The maximum Gasteiger partial charge on any atom is 0.227 e. The highest BCUT2D eigenvalue weighted by Gasteiger charge is 2.21. The van der Waals surface area contributed by atoms with Gasteiger partial charge in [0.05, 0.1) is 7.11 Å². The molecule has 2 aromatic carbocycles. The number of methoxy groups -OCH3 is 1. The third kappa shape index (κ3) is 5.25. The van der Waals surface area contributed by atoms with Crippen LogP contribution in [0.15, 0.2) is 66.9 Å². The van der Waals surface area contributed by atoms with Crippen LogP contribution in [0.2, 0.25) is 0 Å². The van der Waals surface area contributed by atoms with Crippen LogP contribution in [-0.2, 0) is 13.0 Å². The second kappa shape index (κ2) is 9.41. The van der Waals surface area contributed by atoms with Crippen molar-refractivity contribution in [3.05, 3.63) is 78.0 Å². The number of hydrogen-bond donors (Lipinski definition) is 1. The van der Waals surface area contributed by atoms with Gasteiger partial charge in [0.25, 0.3) is 0 Å². The first-order valence-electron chi connectivity index (χ1n) is 10.3. The van der Waals surface area contributed by atoms with Crippen LogP contribution in [0.1, 0.15) is 24.0 Å². The number of ether oxygens (including phenoxy) is 1. The predicted molar refractivity (Wildman–Crippen MR) is 117 cm³/mol. The molecule has 1 aliphatic rings. The van der Waals surface area contributed by atoms with Crippen LogP contribution in [0.3, 0.4) is 0 Å². The van der Waals surface area contributed by atoms with E-state index in [0.29, 0.717) is 0 Å². The van der Waals surface area contributed by atoms with Gasteiger partial charge in [0, 0.05) is 25.8 Å². The van der Waals surface area contributed by atoms with Crippen LogP contribution < -0.4 is 15.0 Å². The van der Waals surface area contributed by atoms with Gasteiger partial charge in [-0.15, -0.1) is 0 Å². The van der Waals surface area contributed by atoms with Crippen LogP contribution in [-0.4, -0.2) is 30.2 Å². The monoisotopic (exact) mass is 388 g/mol. The normalized spacial score (nSPS) is 14.6. The molecule has 0 spiro atoms. The van der Waals surface area contributed by atoms with Gasteiger partial charge in [-0.05, 0) is 54.5 Å². The fourth-order valence-electron chi connectivity index (χ4n) is 3.82. The highest BCUT2D eigenvalue weighted by Crippen LogP contribution is 2.24. The molecule has 0 aliphatic carbocycles. The Hall–Kier alpha value is -3.08. The zero-order chi connectivity index (χ0) is 19.9. The number of piperidine rings is 1. The molecule has 1 saturated heterocycles. The number of rotatable bonds is 7. The molecule has 5 nitrogen and oxygen atoms in total. The molecule has 2 heterocycles. The minimum Gasteiger partial charge on any atom is -0.497 e. The molecule has 1 aromatic heterocycles. The Labute approximate surface area is 172 Å². The molecule has 1 N–H and O–H groups in total. The van der Waals surface area contributed by atoms with Crippen molar-refractivity contribution in [3.63, 3.8) is 0 Å². The van der Waals surface area contributed by atoms with Crippen LogP contribution >= 0.6 is 0 Å². The summed E-state index contributed by atoms with van der Waals surface area (Å²) < 4.78 is 5.21. The number of hydrogen-bond acceptors (Lipinski definition) is 5. The van der Waals surface area contributed by atoms with Gasteiger partial charge in [-0.25, -0.2) is 4.98 Å². The van der Waals surface area contributed by atoms with Crippen molar-refractivity contribution in [3.8, 4) is 5.75 Å². The molecular formula is C24H28N4O. The van der Waals surface area contributed by atoms with Crippen LogP contribution in [0.4, 0.5) is 11.8 Å². The van der Waals surface area contributed by atoms with Crippen molar-refractivity contribution < 1.29 is 4.74 Å². The summed E-state index contributed by atoms with van der Waals surface area (Å²) in [5, 5.41) is 3.40. The summed E-state index contributed by atoms with van der Waals surface area (Å²) in [6, 6.07) is 20.8. The standard InChI is InChI=1S/C24H28N4O/c1-29-22-9-7-21(8-10-22)18-26-23-11-14-25-24(27-23)28-15-12-20(13-16-28)17-19-5-3-2-4-6-19/h2-11,14,20H,12-13,15-18H2,1H3,(H,25,26,27). The third-order valence-corrected chi connectivity index (χ3v) is 5.54. The van der Waals surface area contributed by atoms with Crippen molar-refractivity contribution in [1.29, 1.82) is 0 Å². The zero-order valence-corrected chi connectivity index (χ0v) is 16.9. The first kappa shape index (κ1) is 19.2. The Bertz CT molecular complexity index is 890. The number of anilines is 2. The van der Waals surface area contributed by atoms with E-state index in [2.05, 4.69) is 57.7 Å². The molecule has 1 fully saturated rings. The highest BCUT2D eigenvalue weighted by molar-refractivity contribution is 5.42. The summed E-state index contributed by atoms with van der Waals surface area (Å²) in [5.74, 6) is 3.29. The van der Waals surface area contributed by atoms with E-state index in [1.54, 1.807) is 7.11 Å². The van der Waals surface area contributed by atoms with Crippen molar-refractivity contribution in [1.82, 2.24) is 9.97 Å². The Kier molecular flexibility index (Phi) is 6.25.